The van der Waals surface area contributed by atoms with E-state index in [0.29, 0.717) is 51.5 Å². The zero-order chi connectivity index (χ0) is 68.2. The molecule has 484 valence electrons. The highest BCUT2D eigenvalue weighted by atomic mass is 19.1. The van der Waals surface area contributed by atoms with Crippen molar-refractivity contribution in [2.75, 3.05) is 13.2 Å². The lowest BCUT2D eigenvalue weighted by Gasteiger charge is -2.19. The van der Waals surface area contributed by atoms with E-state index >= 15 is 8.78 Å². The van der Waals surface area contributed by atoms with Crippen molar-refractivity contribution in [1.29, 1.82) is 0 Å². The fraction of sp³-hybridized carbons (Fsp3) is 0.191. The fourth-order valence-electron chi connectivity index (χ4n) is 16.1. The Kier molecular flexibility index (Phi) is 16.3. The molecule has 2 N–H and O–H groups in total. The van der Waals surface area contributed by atoms with Gasteiger partial charge in [-0.25, -0.2) is 8.78 Å². The molecular formula is C89H80F2N2O4. The zero-order valence-corrected chi connectivity index (χ0v) is 57.8. The Morgan fingerprint density at radius 1 is 0.289 bits per heavy atom. The molecule has 6 nitrogen and oxygen atoms in total. The van der Waals surface area contributed by atoms with E-state index in [-0.39, 0.29) is 24.7 Å². The molecular weight excluding hydrogens is 1200 g/mol. The minimum Gasteiger partial charge on any atom is -0.505 e. The number of benzene rings is 12. The normalized spacial score (nSPS) is 11.7. The van der Waals surface area contributed by atoms with Gasteiger partial charge in [0.1, 0.15) is 34.6 Å². The van der Waals surface area contributed by atoms with Gasteiger partial charge in [-0.2, -0.15) is 0 Å². The van der Waals surface area contributed by atoms with Crippen LogP contribution in [0.15, 0.2) is 182 Å². The third-order valence-electron chi connectivity index (χ3n) is 19.6. The quantitative estimate of drug-likeness (QED) is 0.106. The fourth-order valence-corrected chi connectivity index (χ4v) is 16.1. The third-order valence-corrected chi connectivity index (χ3v) is 19.6. The van der Waals surface area contributed by atoms with Gasteiger partial charge in [0.2, 0.25) is 0 Å². The maximum absolute atomic E-state index is 15.8. The van der Waals surface area contributed by atoms with Gasteiger partial charge < -0.3 is 28.8 Å². The number of aryl methyl sites for hydroxylation is 14. The summed E-state index contributed by atoms with van der Waals surface area (Å²) >= 11 is 0. The number of phenols is 2. The summed E-state index contributed by atoms with van der Waals surface area (Å²) < 4.78 is 49.1. The molecule has 0 amide bonds. The molecule has 0 spiro atoms. The summed E-state index contributed by atoms with van der Waals surface area (Å²) in [7, 11) is 0. The van der Waals surface area contributed by atoms with E-state index in [1.54, 1.807) is 12.1 Å². The average molecular weight is 1280 g/mol. The number of rotatable bonds is 14. The number of hydrogen-bond donors (Lipinski definition) is 2. The molecule has 0 saturated heterocycles. The summed E-state index contributed by atoms with van der Waals surface area (Å²) in [5.74, 6) is -0.246. The van der Waals surface area contributed by atoms with Crippen LogP contribution in [0, 0.1) is 109 Å². The predicted octanol–water partition coefficient (Wildman–Crippen LogP) is 23.7. The highest BCUT2D eigenvalue weighted by molar-refractivity contribution is 6.13. The Bertz CT molecular complexity index is 4940. The molecule has 0 aliphatic rings. The van der Waals surface area contributed by atoms with Gasteiger partial charge >= 0.3 is 0 Å². The van der Waals surface area contributed by atoms with Crippen LogP contribution in [0.1, 0.15) is 84.3 Å². The Balaban J connectivity index is 0.804. The summed E-state index contributed by atoms with van der Waals surface area (Å²) in [6.45, 7) is 30.1. The smallest absolute Gasteiger partial charge is 0.147 e. The van der Waals surface area contributed by atoms with Crippen molar-refractivity contribution in [2.24, 2.45) is 0 Å². The first-order valence-electron chi connectivity index (χ1n) is 33.5. The molecule has 0 aliphatic heterocycles. The van der Waals surface area contributed by atoms with Gasteiger partial charge in [0.15, 0.2) is 0 Å². The van der Waals surface area contributed by atoms with Crippen molar-refractivity contribution in [1.82, 2.24) is 9.13 Å². The maximum Gasteiger partial charge on any atom is 0.147 e. The molecule has 0 aliphatic carbocycles. The van der Waals surface area contributed by atoms with Crippen LogP contribution in [-0.4, -0.2) is 32.6 Å². The van der Waals surface area contributed by atoms with E-state index < -0.39 is 11.6 Å². The molecule has 2 heterocycles. The van der Waals surface area contributed by atoms with E-state index in [0.717, 1.165) is 77.0 Å². The number of aromatic nitrogens is 2. The molecule has 14 rings (SSSR count). The van der Waals surface area contributed by atoms with Gasteiger partial charge in [-0.3, -0.25) is 0 Å². The number of ether oxygens (including phenoxy) is 2. The van der Waals surface area contributed by atoms with Crippen molar-refractivity contribution in [3.8, 4) is 101 Å². The topological polar surface area (TPSA) is 68.8 Å². The molecule has 0 atom stereocenters. The minimum absolute atomic E-state index is 0.0248. The molecule has 0 fully saturated rings. The van der Waals surface area contributed by atoms with Crippen LogP contribution in [0.4, 0.5) is 8.78 Å². The molecule has 0 bridgehead atoms. The minimum atomic E-state index is -0.481. The summed E-state index contributed by atoms with van der Waals surface area (Å²) in [5.41, 5.74) is 31.4. The Morgan fingerprint density at radius 2 is 0.546 bits per heavy atom. The largest absolute Gasteiger partial charge is 0.505 e. The van der Waals surface area contributed by atoms with Crippen LogP contribution in [0.5, 0.6) is 23.0 Å². The monoisotopic (exact) mass is 1280 g/mol. The van der Waals surface area contributed by atoms with E-state index in [1.165, 1.54) is 113 Å². The first kappa shape index (κ1) is 63.7. The van der Waals surface area contributed by atoms with Gasteiger partial charge in [-0.15, -0.1) is 0 Å². The molecule has 0 unspecified atom stereocenters. The first-order valence-corrected chi connectivity index (χ1v) is 33.5. The van der Waals surface area contributed by atoms with E-state index in [9.17, 15) is 10.2 Å². The second-order valence-electron chi connectivity index (χ2n) is 27.4. The van der Waals surface area contributed by atoms with Crippen LogP contribution in [0.2, 0.25) is 0 Å². The second-order valence-corrected chi connectivity index (χ2v) is 27.4. The van der Waals surface area contributed by atoms with Crippen LogP contribution in [0.25, 0.3) is 122 Å². The van der Waals surface area contributed by atoms with Crippen LogP contribution in [-0.2, 0) is 0 Å². The Morgan fingerprint density at radius 3 is 0.814 bits per heavy atom. The third kappa shape index (κ3) is 11.5. The van der Waals surface area contributed by atoms with E-state index in [1.807, 2.05) is 38.1 Å². The summed E-state index contributed by atoms with van der Waals surface area (Å²) in [4.78, 5) is 0. The SMILES string of the molecule is Cc1cc(C)c(-c2ccc3c4ccc(-c5c(C)cc(C)cc5C)cc4n(-c4cc(C)cc(-c5cc(F)ccc5OCCCOc5ccc(F)cc5-c5cc(C)cc(-n6c7cc(-c8c(C)cc(C)cc8C)ccc7c7ccc(-c8c(C)cc(C)cc8C)cc76)c5O)c4O)c3c2)c(C)c1. The van der Waals surface area contributed by atoms with Gasteiger partial charge in [-0.05, 0) is 282 Å². The standard InChI is InChI=1S/C89H80F2N2O4/c1-48-30-54(7)84(55(8)31-48)62-16-22-68-69-23-17-63(85-56(9)32-49(2)33-57(85)10)43-77(69)92(76(68)42-62)80-40-52(5)38-74(88(80)94)72-46-66(90)20-26-82(72)96-28-15-29-97-83-27-21-67(91)47-73(83)75-39-53(6)41-81(89(75)95)93-78-44-64(86-58(11)34-50(3)35-59(86)12)18-24-70(78)71-25-19-65(45-79(71)93)87-60(13)36-51(4)37-61(87)14/h16-27,30-47,94-95H,15,28-29H2,1-14H3. The number of phenolic OH excluding ortho intramolecular Hbond substituents is 2. The molecule has 0 saturated carbocycles. The van der Waals surface area contributed by atoms with Crippen molar-refractivity contribution in [2.45, 2.75) is 103 Å². The van der Waals surface area contributed by atoms with Gasteiger partial charge in [0.05, 0.1) is 46.7 Å². The summed E-state index contributed by atoms with van der Waals surface area (Å²) in [5, 5.41) is 30.0. The highest BCUT2D eigenvalue weighted by Crippen LogP contribution is 2.49. The Labute approximate surface area is 567 Å². The summed E-state index contributed by atoms with van der Waals surface area (Å²) in [6.07, 6.45) is 0.376. The van der Waals surface area contributed by atoms with Crippen LogP contribution in [0.3, 0.4) is 0 Å². The van der Waals surface area contributed by atoms with Gasteiger partial charge in [-0.1, -0.05) is 119 Å². The maximum atomic E-state index is 15.8. The number of aromatic hydroxyl groups is 2. The second kappa shape index (κ2) is 24.8. The van der Waals surface area contributed by atoms with E-state index in [2.05, 4.69) is 214 Å². The van der Waals surface area contributed by atoms with Crippen LogP contribution < -0.4 is 9.47 Å². The molecule has 12 aromatic carbocycles. The average Bonchev–Trinajstić information content (AvgIpc) is 1.59. The lowest BCUT2D eigenvalue weighted by molar-refractivity contribution is 0.248. The molecule has 0 radical (unpaired) electrons. The molecule has 2 aromatic heterocycles. The molecule has 8 heteroatoms. The van der Waals surface area contributed by atoms with Crippen LogP contribution >= 0.6 is 0 Å². The number of nitrogens with zero attached hydrogens (tertiary/aromatic N) is 2. The van der Waals surface area contributed by atoms with Gasteiger partial charge in [0, 0.05) is 50.2 Å². The molecule has 97 heavy (non-hydrogen) atoms. The number of halogens is 2. The Hall–Kier alpha value is -10.7. The number of hydrogen-bond acceptors (Lipinski definition) is 4. The molecule has 14 aromatic rings. The van der Waals surface area contributed by atoms with E-state index in [4.69, 9.17) is 9.47 Å². The predicted molar refractivity (Wildman–Crippen MR) is 399 cm³/mol. The highest BCUT2D eigenvalue weighted by Gasteiger charge is 2.26. The summed E-state index contributed by atoms with van der Waals surface area (Å²) in [6, 6.07) is 60.8. The first-order chi connectivity index (χ1) is 46.5. The lowest BCUT2D eigenvalue weighted by Crippen LogP contribution is -2.07. The van der Waals surface area contributed by atoms with Crippen molar-refractivity contribution in [3.63, 3.8) is 0 Å². The van der Waals surface area contributed by atoms with Crippen molar-refractivity contribution >= 4 is 43.6 Å². The van der Waals surface area contributed by atoms with Crippen molar-refractivity contribution in [3.05, 3.63) is 272 Å². The number of fused-ring (bicyclic) bond motifs is 6. The van der Waals surface area contributed by atoms with Gasteiger partial charge in [0.25, 0.3) is 0 Å². The zero-order valence-electron chi connectivity index (χ0n) is 57.8. The van der Waals surface area contributed by atoms with Crippen molar-refractivity contribution < 1.29 is 28.5 Å². The lowest BCUT2D eigenvalue weighted by atomic mass is 9.92.